The van der Waals surface area contributed by atoms with Crippen LogP contribution in [0.2, 0.25) is 5.02 Å². The average Bonchev–Trinajstić information content (AvgIpc) is 2.87. The lowest BCUT2D eigenvalue weighted by molar-refractivity contribution is -0.0877. The summed E-state index contributed by atoms with van der Waals surface area (Å²) in [6.07, 6.45) is -3.63. The van der Waals surface area contributed by atoms with Crippen LogP contribution in [0.15, 0.2) is 18.2 Å². The molecule has 1 aromatic rings. The van der Waals surface area contributed by atoms with Gasteiger partial charge in [0, 0.05) is 17.0 Å². The van der Waals surface area contributed by atoms with Gasteiger partial charge in [-0.15, -0.1) is 0 Å². The van der Waals surface area contributed by atoms with E-state index in [2.05, 4.69) is 5.43 Å². The normalized spacial score (nSPS) is 31.1. The number of halogens is 1. The van der Waals surface area contributed by atoms with E-state index in [1.165, 1.54) is 4.90 Å². The van der Waals surface area contributed by atoms with Gasteiger partial charge < -0.3 is 19.7 Å². The second-order valence-corrected chi connectivity index (χ2v) is 5.58. The lowest BCUT2D eigenvalue weighted by Crippen LogP contribution is -2.53. The zero-order chi connectivity index (χ0) is 15.9. The van der Waals surface area contributed by atoms with E-state index in [-0.39, 0.29) is 13.0 Å². The highest BCUT2D eigenvalue weighted by Crippen LogP contribution is 2.38. The maximum absolute atomic E-state index is 12.3. The lowest BCUT2D eigenvalue weighted by atomic mass is 10.1. The molecule has 1 saturated heterocycles. The number of carbonyl (C=O) groups is 1. The summed E-state index contributed by atoms with van der Waals surface area (Å²) in [6.45, 7) is -0.344. The number of fused-ring (bicyclic) bond motifs is 1. The summed E-state index contributed by atoms with van der Waals surface area (Å²) < 4.78 is 10.8. The fourth-order valence-corrected chi connectivity index (χ4v) is 2.91. The van der Waals surface area contributed by atoms with Gasteiger partial charge in [-0.1, -0.05) is 11.6 Å². The van der Waals surface area contributed by atoms with Crippen molar-refractivity contribution in [1.29, 1.82) is 0 Å². The van der Waals surface area contributed by atoms with E-state index in [0.29, 0.717) is 16.3 Å². The van der Waals surface area contributed by atoms with Crippen LogP contribution >= 0.6 is 11.6 Å². The van der Waals surface area contributed by atoms with Gasteiger partial charge in [0.2, 0.25) is 0 Å². The average molecular weight is 330 g/mol. The molecule has 0 radical (unpaired) electrons. The van der Waals surface area contributed by atoms with Crippen molar-refractivity contribution in [1.82, 2.24) is 10.3 Å². The number of nitrogens with zero attached hydrogens (tertiary/aromatic N) is 1. The fourth-order valence-electron chi connectivity index (χ4n) is 2.73. The number of rotatable bonds is 3. The third kappa shape index (κ3) is 2.54. The molecule has 4 atom stereocenters. The van der Waals surface area contributed by atoms with E-state index >= 15 is 0 Å². The van der Waals surface area contributed by atoms with Crippen molar-refractivity contribution in [2.24, 2.45) is 5.84 Å². The molecular weight excluding hydrogens is 314 g/mol. The molecule has 5 N–H and O–H groups in total. The summed E-state index contributed by atoms with van der Waals surface area (Å²) in [4.78, 5) is 13.5. The summed E-state index contributed by atoms with van der Waals surface area (Å²) in [7, 11) is 0. The highest BCUT2D eigenvalue weighted by Gasteiger charge is 2.45. The third-order valence-electron chi connectivity index (χ3n) is 3.80. The van der Waals surface area contributed by atoms with Crippen molar-refractivity contribution in [2.75, 3.05) is 6.61 Å². The van der Waals surface area contributed by atoms with E-state index in [1.807, 2.05) is 0 Å². The van der Waals surface area contributed by atoms with Crippen LogP contribution in [-0.4, -0.2) is 46.2 Å². The molecule has 0 bridgehead atoms. The second kappa shape index (κ2) is 5.99. The van der Waals surface area contributed by atoms with Gasteiger partial charge in [0.05, 0.1) is 12.7 Å². The molecule has 8 nitrogen and oxygen atoms in total. The maximum Gasteiger partial charge on any atom is 0.418 e. The molecule has 0 spiro atoms. The Balaban J connectivity index is 1.93. The lowest BCUT2D eigenvalue weighted by Gasteiger charge is -2.38. The minimum absolute atomic E-state index is 0.147. The SMILES string of the molecule is NNC1c2cc(Cl)ccc2OC(=O)N1[C@H]1C[C@H](O)[C@@H](CO)O1. The van der Waals surface area contributed by atoms with Crippen LogP contribution in [0.3, 0.4) is 0 Å². The van der Waals surface area contributed by atoms with Gasteiger partial charge in [0.15, 0.2) is 0 Å². The Labute approximate surface area is 131 Å². The molecule has 9 heteroatoms. The molecule has 0 saturated carbocycles. The molecule has 2 aliphatic heterocycles. The zero-order valence-electron chi connectivity index (χ0n) is 11.5. The second-order valence-electron chi connectivity index (χ2n) is 5.14. The van der Waals surface area contributed by atoms with E-state index in [9.17, 15) is 9.90 Å². The number of ether oxygens (including phenoxy) is 2. The first-order valence-electron chi connectivity index (χ1n) is 6.75. The minimum Gasteiger partial charge on any atom is -0.410 e. The standard InChI is InChI=1S/C13H16ClN3O5/c14-6-1-2-9-7(3-6)12(16-15)17(13(20)22-9)11-4-8(19)10(5-18)21-11/h1-3,8,10-12,16,18-19H,4-5,15H2/t8-,10+,11+,12?/m0/s1. The van der Waals surface area contributed by atoms with Crippen LogP contribution in [0.5, 0.6) is 5.75 Å². The predicted molar refractivity (Wildman–Crippen MR) is 75.7 cm³/mol. The number of amides is 1. The summed E-state index contributed by atoms with van der Waals surface area (Å²) in [5.74, 6) is 5.93. The molecular formula is C13H16ClN3O5. The Morgan fingerprint density at radius 1 is 1.50 bits per heavy atom. The molecule has 1 fully saturated rings. The Morgan fingerprint density at radius 2 is 2.27 bits per heavy atom. The molecule has 0 aromatic heterocycles. The Bertz CT molecular complexity index is 587. The van der Waals surface area contributed by atoms with E-state index in [0.717, 1.165) is 0 Å². The summed E-state index contributed by atoms with van der Waals surface area (Å²) in [5.41, 5.74) is 3.12. The Hall–Kier alpha value is -1.42. The molecule has 1 amide bonds. The first-order valence-corrected chi connectivity index (χ1v) is 7.13. The monoisotopic (exact) mass is 329 g/mol. The van der Waals surface area contributed by atoms with Gasteiger partial charge in [0.25, 0.3) is 0 Å². The number of benzene rings is 1. The van der Waals surface area contributed by atoms with E-state index in [4.69, 9.17) is 32.0 Å². The van der Waals surface area contributed by atoms with Crippen LogP contribution in [-0.2, 0) is 4.74 Å². The number of hydrogen-bond acceptors (Lipinski definition) is 7. The van der Waals surface area contributed by atoms with Crippen molar-refractivity contribution < 1.29 is 24.5 Å². The predicted octanol–water partition coefficient (Wildman–Crippen LogP) is 0.0845. The Kier molecular flexibility index (Phi) is 4.22. The van der Waals surface area contributed by atoms with Gasteiger partial charge in [-0.2, -0.15) is 0 Å². The maximum atomic E-state index is 12.3. The van der Waals surface area contributed by atoms with Crippen molar-refractivity contribution in [3.8, 4) is 5.75 Å². The molecule has 0 aliphatic carbocycles. The molecule has 2 aliphatic rings. The topological polar surface area (TPSA) is 117 Å². The van der Waals surface area contributed by atoms with Crippen LogP contribution in [0, 0.1) is 0 Å². The van der Waals surface area contributed by atoms with Gasteiger partial charge >= 0.3 is 6.09 Å². The summed E-state index contributed by atoms with van der Waals surface area (Å²) in [6, 6.07) is 4.82. The molecule has 1 aromatic carbocycles. The number of carbonyl (C=O) groups excluding carboxylic acids is 1. The van der Waals surface area contributed by atoms with Crippen molar-refractivity contribution >= 4 is 17.7 Å². The quantitative estimate of drug-likeness (QED) is 0.458. The molecule has 3 rings (SSSR count). The third-order valence-corrected chi connectivity index (χ3v) is 4.04. The van der Waals surface area contributed by atoms with E-state index in [1.54, 1.807) is 18.2 Å². The largest absolute Gasteiger partial charge is 0.418 e. The van der Waals surface area contributed by atoms with Crippen LogP contribution in [0.1, 0.15) is 18.2 Å². The zero-order valence-corrected chi connectivity index (χ0v) is 12.2. The molecule has 120 valence electrons. The van der Waals surface area contributed by atoms with Crippen molar-refractivity contribution in [2.45, 2.75) is 31.0 Å². The summed E-state index contributed by atoms with van der Waals surface area (Å²) >= 11 is 5.98. The van der Waals surface area contributed by atoms with Crippen molar-refractivity contribution in [3.63, 3.8) is 0 Å². The highest BCUT2D eigenvalue weighted by molar-refractivity contribution is 6.30. The fraction of sp³-hybridized carbons (Fsp3) is 0.462. The van der Waals surface area contributed by atoms with Crippen LogP contribution < -0.4 is 16.0 Å². The molecule has 1 unspecified atom stereocenters. The highest BCUT2D eigenvalue weighted by atomic mass is 35.5. The first kappa shape index (κ1) is 15.5. The minimum atomic E-state index is -0.873. The van der Waals surface area contributed by atoms with Gasteiger partial charge in [-0.05, 0) is 18.2 Å². The summed E-state index contributed by atoms with van der Waals surface area (Å²) in [5, 5.41) is 19.5. The van der Waals surface area contributed by atoms with Crippen LogP contribution in [0.25, 0.3) is 0 Å². The first-order chi connectivity index (χ1) is 10.5. The van der Waals surface area contributed by atoms with Crippen LogP contribution in [0.4, 0.5) is 4.79 Å². The number of nitrogens with one attached hydrogen (secondary N) is 1. The van der Waals surface area contributed by atoms with Gasteiger partial charge in [-0.25, -0.2) is 10.2 Å². The number of aliphatic hydroxyl groups excluding tert-OH is 2. The smallest absolute Gasteiger partial charge is 0.410 e. The van der Waals surface area contributed by atoms with Gasteiger partial charge in [-0.3, -0.25) is 10.7 Å². The van der Waals surface area contributed by atoms with Gasteiger partial charge in [0.1, 0.15) is 24.2 Å². The molecule has 22 heavy (non-hydrogen) atoms. The number of hydrazine groups is 1. The number of hydrogen-bond donors (Lipinski definition) is 4. The molecule has 2 heterocycles. The van der Waals surface area contributed by atoms with E-state index < -0.39 is 30.7 Å². The number of aliphatic hydroxyl groups is 2. The van der Waals surface area contributed by atoms with Crippen molar-refractivity contribution in [3.05, 3.63) is 28.8 Å². The Morgan fingerprint density at radius 3 is 2.91 bits per heavy atom. The number of nitrogens with two attached hydrogens (primary N) is 1.